The average Bonchev–Trinajstić information content (AvgIpc) is 3.23. The Labute approximate surface area is 140 Å². The molecule has 0 aliphatic heterocycles. The molecular formula is C21H18N2O. The number of hydrogen-bond acceptors (Lipinski definition) is 2. The van der Waals surface area contributed by atoms with Gasteiger partial charge in [0.15, 0.2) is 0 Å². The van der Waals surface area contributed by atoms with Gasteiger partial charge in [0.05, 0.1) is 18.0 Å². The van der Waals surface area contributed by atoms with Gasteiger partial charge in [-0.25, -0.2) is 4.99 Å². The smallest absolute Gasteiger partial charge is 0.144 e. The third-order valence-electron chi connectivity index (χ3n) is 4.23. The van der Waals surface area contributed by atoms with Gasteiger partial charge in [0, 0.05) is 17.5 Å². The van der Waals surface area contributed by atoms with E-state index in [0.29, 0.717) is 0 Å². The molecule has 2 aromatic heterocycles. The molecule has 0 spiro atoms. The third-order valence-corrected chi connectivity index (χ3v) is 4.23. The maximum Gasteiger partial charge on any atom is 0.144 e. The Balaban J connectivity index is 1.84. The summed E-state index contributed by atoms with van der Waals surface area (Å²) in [6, 6.07) is 22.7. The molecule has 4 aromatic rings. The van der Waals surface area contributed by atoms with Crippen molar-refractivity contribution in [2.24, 2.45) is 4.99 Å². The van der Waals surface area contributed by atoms with Gasteiger partial charge in [-0.05, 0) is 30.7 Å². The molecule has 0 bridgehead atoms. The number of benzene rings is 2. The first kappa shape index (κ1) is 14.5. The van der Waals surface area contributed by atoms with Gasteiger partial charge < -0.3 is 8.98 Å². The summed E-state index contributed by atoms with van der Waals surface area (Å²) < 4.78 is 7.63. The molecule has 118 valence electrons. The van der Waals surface area contributed by atoms with Crippen LogP contribution in [0.4, 0.5) is 5.82 Å². The molecule has 24 heavy (non-hydrogen) atoms. The molecule has 2 aromatic carbocycles. The van der Waals surface area contributed by atoms with Crippen molar-refractivity contribution in [3.8, 4) is 0 Å². The Morgan fingerprint density at radius 2 is 1.75 bits per heavy atom. The first-order valence-corrected chi connectivity index (χ1v) is 8.02. The number of rotatable bonds is 4. The highest BCUT2D eigenvalue weighted by atomic mass is 16.3. The lowest BCUT2D eigenvalue weighted by Crippen LogP contribution is -1.99. The first-order chi connectivity index (χ1) is 11.8. The second kappa shape index (κ2) is 6.20. The third kappa shape index (κ3) is 2.65. The Morgan fingerprint density at radius 3 is 2.54 bits per heavy atom. The van der Waals surface area contributed by atoms with E-state index >= 15 is 0 Å². The van der Waals surface area contributed by atoms with Crippen LogP contribution < -0.4 is 0 Å². The number of aromatic nitrogens is 1. The van der Waals surface area contributed by atoms with E-state index in [-0.39, 0.29) is 0 Å². The highest BCUT2D eigenvalue weighted by molar-refractivity contribution is 5.90. The minimum atomic E-state index is 0.755. The zero-order valence-corrected chi connectivity index (χ0v) is 13.5. The van der Waals surface area contributed by atoms with E-state index in [1.165, 1.54) is 22.0 Å². The SMILES string of the molecule is Cc1c(/N=C/c2ccco2)n(Cc2ccccc2)c2ccccc12. The summed E-state index contributed by atoms with van der Waals surface area (Å²) >= 11 is 0. The van der Waals surface area contributed by atoms with Crippen LogP contribution >= 0.6 is 0 Å². The number of hydrogen-bond donors (Lipinski definition) is 0. The van der Waals surface area contributed by atoms with Gasteiger partial charge in [0.2, 0.25) is 0 Å². The van der Waals surface area contributed by atoms with E-state index < -0.39 is 0 Å². The van der Waals surface area contributed by atoms with Crippen LogP contribution in [0.15, 0.2) is 82.4 Å². The molecule has 4 rings (SSSR count). The quantitative estimate of drug-likeness (QED) is 0.468. The van der Waals surface area contributed by atoms with E-state index in [1.54, 1.807) is 12.5 Å². The second-order valence-electron chi connectivity index (χ2n) is 5.81. The highest BCUT2D eigenvalue weighted by Gasteiger charge is 2.13. The fourth-order valence-corrected chi connectivity index (χ4v) is 3.05. The normalized spacial score (nSPS) is 11.5. The topological polar surface area (TPSA) is 30.4 Å². The highest BCUT2D eigenvalue weighted by Crippen LogP contribution is 2.32. The first-order valence-electron chi connectivity index (χ1n) is 8.02. The summed E-state index contributed by atoms with van der Waals surface area (Å²) in [6.07, 6.45) is 3.44. The van der Waals surface area contributed by atoms with E-state index in [2.05, 4.69) is 60.0 Å². The van der Waals surface area contributed by atoms with Gasteiger partial charge >= 0.3 is 0 Å². The molecule has 0 amide bonds. The van der Waals surface area contributed by atoms with Crippen LogP contribution in [-0.4, -0.2) is 10.8 Å². The summed E-state index contributed by atoms with van der Waals surface area (Å²) in [5.41, 5.74) is 3.64. The fraction of sp³-hybridized carbons (Fsp3) is 0.0952. The maximum atomic E-state index is 5.37. The van der Waals surface area contributed by atoms with Gasteiger partial charge in [-0.2, -0.15) is 0 Å². The maximum absolute atomic E-state index is 5.37. The fourth-order valence-electron chi connectivity index (χ4n) is 3.05. The van der Waals surface area contributed by atoms with Crippen molar-refractivity contribution in [2.75, 3.05) is 0 Å². The molecule has 2 heterocycles. The largest absolute Gasteiger partial charge is 0.463 e. The standard InChI is InChI=1S/C21H18N2O/c1-16-19-11-5-6-12-20(19)23(15-17-8-3-2-4-9-17)21(16)22-14-18-10-7-13-24-18/h2-14H,15H2,1H3/b22-14+. The van der Waals surface area contributed by atoms with Crippen molar-refractivity contribution >= 4 is 22.9 Å². The van der Waals surface area contributed by atoms with Crippen LogP contribution in [0.5, 0.6) is 0 Å². The van der Waals surface area contributed by atoms with E-state index in [1.807, 2.05) is 18.2 Å². The Kier molecular flexibility index (Phi) is 3.75. The van der Waals surface area contributed by atoms with Gasteiger partial charge in [-0.1, -0.05) is 48.5 Å². The van der Waals surface area contributed by atoms with E-state index in [4.69, 9.17) is 9.41 Å². The van der Waals surface area contributed by atoms with Crippen molar-refractivity contribution in [1.82, 2.24) is 4.57 Å². The molecule has 0 saturated heterocycles. The van der Waals surface area contributed by atoms with E-state index in [9.17, 15) is 0 Å². The summed E-state index contributed by atoms with van der Waals surface area (Å²) in [4.78, 5) is 4.73. The van der Waals surface area contributed by atoms with E-state index in [0.717, 1.165) is 18.1 Å². The molecule has 0 radical (unpaired) electrons. The lowest BCUT2D eigenvalue weighted by atomic mass is 10.2. The molecule has 0 aliphatic carbocycles. The van der Waals surface area contributed by atoms with Gasteiger partial charge in [0.25, 0.3) is 0 Å². The van der Waals surface area contributed by atoms with Crippen LogP contribution in [0.25, 0.3) is 10.9 Å². The molecule has 0 unspecified atom stereocenters. The van der Waals surface area contributed by atoms with Crippen molar-refractivity contribution in [1.29, 1.82) is 0 Å². The number of aryl methyl sites for hydroxylation is 1. The average molecular weight is 314 g/mol. The second-order valence-corrected chi connectivity index (χ2v) is 5.81. The van der Waals surface area contributed by atoms with Crippen molar-refractivity contribution < 1.29 is 4.42 Å². The van der Waals surface area contributed by atoms with Crippen LogP contribution in [-0.2, 0) is 6.54 Å². The van der Waals surface area contributed by atoms with Gasteiger partial charge in [0.1, 0.15) is 11.6 Å². The number of nitrogens with zero attached hydrogens (tertiary/aromatic N) is 2. The molecule has 3 nitrogen and oxygen atoms in total. The number of furan rings is 1. The van der Waals surface area contributed by atoms with Crippen molar-refractivity contribution in [2.45, 2.75) is 13.5 Å². The lowest BCUT2D eigenvalue weighted by Gasteiger charge is -2.08. The number of aliphatic imine (C=N–C) groups is 1. The molecule has 0 saturated carbocycles. The Bertz CT molecular complexity index is 980. The van der Waals surface area contributed by atoms with Crippen LogP contribution in [0.2, 0.25) is 0 Å². The van der Waals surface area contributed by atoms with Crippen molar-refractivity contribution in [3.05, 3.63) is 89.9 Å². The Hall–Kier alpha value is -3.07. The van der Waals surface area contributed by atoms with Gasteiger partial charge in [-0.3, -0.25) is 0 Å². The minimum absolute atomic E-state index is 0.755. The molecular weight excluding hydrogens is 296 g/mol. The molecule has 3 heteroatoms. The zero-order valence-electron chi connectivity index (χ0n) is 13.5. The molecule has 0 aliphatic rings. The predicted molar refractivity (Wildman–Crippen MR) is 98.2 cm³/mol. The molecule has 0 N–H and O–H groups in total. The number of fused-ring (bicyclic) bond motifs is 1. The molecule has 0 fully saturated rings. The van der Waals surface area contributed by atoms with Crippen LogP contribution in [0.1, 0.15) is 16.9 Å². The van der Waals surface area contributed by atoms with Gasteiger partial charge in [-0.15, -0.1) is 0 Å². The summed E-state index contributed by atoms with van der Waals surface area (Å²) in [7, 11) is 0. The molecule has 0 atom stereocenters. The van der Waals surface area contributed by atoms with Crippen LogP contribution in [0.3, 0.4) is 0 Å². The minimum Gasteiger partial charge on any atom is -0.463 e. The Morgan fingerprint density at radius 1 is 0.958 bits per heavy atom. The monoisotopic (exact) mass is 314 g/mol. The summed E-state index contributed by atoms with van der Waals surface area (Å²) in [5.74, 6) is 1.72. The summed E-state index contributed by atoms with van der Waals surface area (Å²) in [6.45, 7) is 2.92. The zero-order chi connectivity index (χ0) is 16.4. The summed E-state index contributed by atoms with van der Waals surface area (Å²) in [5, 5.41) is 1.24. The van der Waals surface area contributed by atoms with Crippen molar-refractivity contribution in [3.63, 3.8) is 0 Å². The number of para-hydroxylation sites is 1. The predicted octanol–water partition coefficient (Wildman–Crippen LogP) is 5.34. The lowest BCUT2D eigenvalue weighted by molar-refractivity contribution is 0.560. The van der Waals surface area contributed by atoms with Crippen LogP contribution in [0, 0.1) is 6.92 Å².